The number of carbonyl (C=O) groups is 10. The number of halogens is 4. The van der Waals surface area contributed by atoms with E-state index in [0.29, 0.717) is 105 Å². The predicted octanol–water partition coefficient (Wildman–Crippen LogP) is 5.95. The van der Waals surface area contributed by atoms with Gasteiger partial charge in [0, 0.05) is 103 Å². The number of amides is 7. The number of carbonyl (C=O) groups excluding carboxylic acids is 9. The second kappa shape index (κ2) is 56.6. The second-order valence-electron chi connectivity index (χ2n) is 40.8. The molecular weight excluding hydrogens is 1940 g/mol. The van der Waals surface area contributed by atoms with Crippen molar-refractivity contribution in [3.63, 3.8) is 0 Å². The van der Waals surface area contributed by atoms with E-state index in [-0.39, 0.29) is 146 Å². The topological polar surface area (TPSA) is 458 Å². The Morgan fingerprint density at radius 2 is 0.858 bits per heavy atom. The number of aliphatic carboxylic acids is 2. The SMILES string of the molecule is BrCC1CC1.CC(C)(C)OC(=O)N[C@H]1CN(CC2CC2)c2ccccc2N(CC2CC2)C1=O.CC(C)(C)OC(=O)N[C@H]1CNc2ccccc2NC1=O.CCCn1nnnc1C[C@@H](CC(C)C)C(=O)N[C@H]1CN(CC2CC2)c2ccccc2N(CC2CC2)C1=O.CCCn1nnnc1C[C@@H](CC(C)C)C(=O)O.N[C@H]1CN(CC2CC2)c2ccccc2N(CC2CC2)C1=O.O=C([O-])C(F)(F)F.O=CO[O-].[H-].[K+].[K+]. The van der Waals surface area contributed by atoms with Crippen LogP contribution >= 0.6 is 15.9 Å². The van der Waals surface area contributed by atoms with Crippen LogP contribution in [-0.2, 0) is 78.6 Å². The number of aryl methyl sites for hydroxylation is 2. The van der Waals surface area contributed by atoms with Gasteiger partial charge in [0.1, 0.15) is 41.3 Å². The van der Waals surface area contributed by atoms with E-state index in [1.807, 2.05) is 105 Å². The first-order chi connectivity index (χ1) is 66.1. The van der Waals surface area contributed by atoms with Crippen molar-refractivity contribution in [2.75, 3.05) is 111 Å². The van der Waals surface area contributed by atoms with E-state index < -0.39 is 71.6 Å². The molecule has 36 nitrogen and oxygen atoms in total. The molecule has 6 heterocycles. The molecule has 6 aromatic rings. The fourth-order valence-electron chi connectivity index (χ4n) is 16.3. The molecule has 7 saturated carbocycles. The summed E-state index contributed by atoms with van der Waals surface area (Å²) in [5, 5.41) is 65.7. The third-order valence-electron chi connectivity index (χ3n) is 24.5. The van der Waals surface area contributed by atoms with Gasteiger partial charge in [0.15, 0.2) is 11.6 Å². The standard InChI is InChI=1S/C28H41N7O2.C22H31N3O3.C17H23N3O.C14H19N3O3.C11H20N4O2.C4H7Br.C2HF3O2.CH2O3.2K.H/c1-4-13-35-26(30-31-32-35)15-22(14-19(2)3)27(36)29-23-18-33(16-20-9-10-20)24-7-5-6-8-25(24)34(28(23)37)17-21-11-12-21;1-22(2,3)28-21(27)23-17-14-24(12-15-8-9-15)18-6-4-5-7-19(18)25(20(17)26)13-16-10-11-16;18-14-11-19(9-12-5-6-12)15-3-1-2-4-16(15)20(17(14)21)10-13-7-8-13;1-14(2,3)20-13(19)17-11-8-15-9-6-4-5-7-10(9)16-12(11)18;1-4-5-15-10(12-13-14-15)7-9(11(16)17)6-8(2)3;5-3-4-1-2-4;3-2(4,5)1(6)7;2-1-4-3;;;/h5-8,19-23H,4,9-18H2,1-3H3,(H,29,36);4-7,15-17H,8-14H2,1-3H3,(H,23,27);1-4,12-14H,5-11,18H2;4-7,11,15H,8H2,1-3H3,(H,16,18)(H,17,19);8-9H,4-7H2,1-3H3,(H,16,17);4H,1-3H2;(H,6,7);1,3H;;;/q;;;;;;;;2*+1;-1/p-2/t22-,23+;17-;14-;11-;9-;;;;;;/m10001....../s1. The molecule has 0 bridgehead atoms. The third kappa shape index (κ3) is 40.4. The first-order valence-electron chi connectivity index (χ1n) is 49.1. The summed E-state index contributed by atoms with van der Waals surface area (Å²) in [6, 6.07) is 29.8. The van der Waals surface area contributed by atoms with Crippen molar-refractivity contribution in [2.45, 2.75) is 266 Å². The van der Waals surface area contributed by atoms with Gasteiger partial charge in [-0.3, -0.25) is 33.6 Å². The van der Waals surface area contributed by atoms with Gasteiger partial charge in [-0.25, -0.2) is 19.0 Å². The Bertz CT molecular complexity index is 5030. The smallest absolute Gasteiger partial charge is 1.00 e. The second-order valence-corrected chi connectivity index (χ2v) is 41.4. The summed E-state index contributed by atoms with van der Waals surface area (Å²) in [5.74, 6) is 2.27. The minimum atomic E-state index is -5.19. The van der Waals surface area contributed by atoms with Crippen LogP contribution in [0.5, 0.6) is 0 Å². The Hall–Kier alpha value is -8.02. The summed E-state index contributed by atoms with van der Waals surface area (Å²) in [5.41, 5.74) is 12.9. The zero-order chi connectivity index (χ0) is 101. The van der Waals surface area contributed by atoms with E-state index in [2.05, 4.69) is 156 Å². The van der Waals surface area contributed by atoms with Crippen LogP contribution in [0.3, 0.4) is 0 Å². The average Bonchev–Trinajstić information content (AvgIpc) is 1.64. The van der Waals surface area contributed by atoms with E-state index in [0.717, 1.165) is 130 Å². The molecule has 0 spiro atoms. The average molecular weight is 2080 g/mol. The van der Waals surface area contributed by atoms with Crippen LogP contribution in [0.1, 0.15) is 212 Å². The maximum atomic E-state index is 14.0. The number of para-hydroxylation sites is 8. The third-order valence-corrected chi connectivity index (χ3v) is 25.4. The zero-order valence-electron chi connectivity index (χ0n) is 85.2. The van der Waals surface area contributed by atoms with Crippen molar-refractivity contribution >= 4 is 122 Å². The number of fused-ring (bicyclic) bond motifs is 4. The Labute approximate surface area is 920 Å². The molecular formula is C99H143BrF3K2N20O16-. The molecule has 7 fully saturated rings. The monoisotopic (exact) mass is 2080 g/mol. The van der Waals surface area contributed by atoms with Crippen molar-refractivity contribution < 1.29 is 195 Å². The summed E-state index contributed by atoms with van der Waals surface area (Å²) < 4.78 is 45.6. The van der Waals surface area contributed by atoms with Gasteiger partial charge in [-0.2, -0.15) is 13.2 Å². The van der Waals surface area contributed by atoms with E-state index >= 15 is 0 Å². The molecule has 766 valence electrons. The van der Waals surface area contributed by atoms with Crippen LogP contribution in [0.25, 0.3) is 0 Å². The number of alkyl halides is 4. The number of hydrogen-bond donors (Lipinski definition) is 7. The van der Waals surface area contributed by atoms with Crippen molar-refractivity contribution in [3.8, 4) is 0 Å². The van der Waals surface area contributed by atoms with Crippen LogP contribution in [0.2, 0.25) is 0 Å². The van der Waals surface area contributed by atoms with E-state index in [1.165, 1.54) is 88.1 Å². The number of rotatable bonds is 31. The number of benzene rings is 4. The van der Waals surface area contributed by atoms with E-state index in [9.17, 15) is 51.5 Å². The molecule has 0 saturated heterocycles. The first kappa shape index (κ1) is 118. The summed E-state index contributed by atoms with van der Waals surface area (Å²) >= 11 is 3.38. The van der Waals surface area contributed by atoms with Gasteiger partial charge in [-0.05, 0) is 280 Å². The van der Waals surface area contributed by atoms with Crippen molar-refractivity contribution in [3.05, 3.63) is 109 Å². The predicted molar refractivity (Wildman–Crippen MR) is 522 cm³/mol. The first-order valence-corrected chi connectivity index (χ1v) is 50.2. The van der Waals surface area contributed by atoms with Gasteiger partial charge in [0.05, 0.1) is 51.4 Å². The van der Waals surface area contributed by atoms with E-state index in [1.54, 1.807) is 36.2 Å². The Morgan fingerprint density at radius 3 is 1.20 bits per heavy atom. The maximum absolute atomic E-state index is 14.0. The number of carboxylic acids is 2. The number of nitrogens with zero attached hydrogens (tertiary/aromatic N) is 14. The van der Waals surface area contributed by atoms with Crippen LogP contribution in [0, 0.1) is 65.1 Å². The number of anilines is 8. The van der Waals surface area contributed by atoms with Gasteiger partial charge >= 0.3 is 127 Å². The summed E-state index contributed by atoms with van der Waals surface area (Å²) in [7, 11) is 0. The number of alkyl carbamates (subject to hydrolysis) is 2. The maximum Gasteiger partial charge on any atom is 1.00 e. The van der Waals surface area contributed by atoms with Crippen molar-refractivity contribution in [1.82, 2.24) is 56.4 Å². The molecule has 42 heteroatoms. The number of aromatic nitrogens is 8. The molecule has 141 heavy (non-hydrogen) atoms. The fraction of sp³-hybridized carbons (Fsp3) is 0.636. The van der Waals surface area contributed by atoms with Gasteiger partial charge in [0.25, 0.3) is 18.3 Å². The number of ether oxygens (including phenoxy) is 2. The molecule has 0 radical (unpaired) electrons. The van der Waals surface area contributed by atoms with Gasteiger partial charge in [0.2, 0.25) is 17.7 Å². The largest absolute Gasteiger partial charge is 1.00 e. The van der Waals surface area contributed by atoms with Crippen molar-refractivity contribution in [2.24, 2.45) is 70.8 Å². The summed E-state index contributed by atoms with van der Waals surface area (Å²) in [4.78, 5) is 134. The quantitative estimate of drug-likeness (QED) is 0.00869. The Kier molecular flexibility index (Phi) is 47.5. The molecule has 7 aliphatic carbocycles. The minimum Gasteiger partial charge on any atom is -1.00 e. The molecule has 4 aromatic carbocycles. The summed E-state index contributed by atoms with van der Waals surface area (Å²) in [6.45, 7) is 31.6. The molecule has 4 aliphatic heterocycles. The van der Waals surface area contributed by atoms with Crippen LogP contribution in [0.15, 0.2) is 97.1 Å². The zero-order valence-corrected chi connectivity index (χ0v) is 92.1. The molecule has 11 aliphatic rings. The molecule has 7 amide bonds. The molecule has 6 atom stereocenters. The normalized spacial score (nSPS) is 19.4. The number of carboxylic acid groups (broad SMARTS) is 2. The Balaban J connectivity index is 0.000000235. The number of nitrogens with two attached hydrogens (primary N) is 1. The van der Waals surface area contributed by atoms with Crippen molar-refractivity contribution in [1.29, 1.82) is 0 Å². The number of hydrogen-bond acceptors (Lipinski definition) is 26. The van der Waals surface area contributed by atoms with Gasteiger partial charge in [-0.1, -0.05) is 106 Å². The number of nitrogens with one attached hydrogen (secondary N) is 5. The van der Waals surface area contributed by atoms with Crippen LogP contribution in [0.4, 0.5) is 68.3 Å². The van der Waals surface area contributed by atoms with Crippen LogP contribution < -0.4 is 175 Å². The Morgan fingerprint density at radius 1 is 0.525 bits per heavy atom. The van der Waals surface area contributed by atoms with E-state index in [4.69, 9.17) is 40.3 Å². The fourth-order valence-corrected chi connectivity index (χ4v) is 17.0. The molecule has 8 N–H and O–H groups in total. The van der Waals surface area contributed by atoms with Gasteiger partial charge < -0.3 is 97.8 Å². The van der Waals surface area contributed by atoms with Crippen LogP contribution in [-0.4, -0.2) is 218 Å². The van der Waals surface area contributed by atoms with Gasteiger partial charge in [-0.15, -0.1) is 10.2 Å². The molecule has 17 rings (SSSR count). The number of tetrazole rings is 2. The molecule has 2 aromatic heterocycles. The minimum absolute atomic E-state index is 0. The summed E-state index contributed by atoms with van der Waals surface area (Å²) in [6.07, 6.45) is 15.4. The molecule has 0 unspecified atom stereocenters.